The number of fused-ring (bicyclic) bond motifs is 2. The second kappa shape index (κ2) is 5.95. The number of nitrogens with one attached hydrogen (secondary N) is 1. The first-order chi connectivity index (χ1) is 12.5. The van der Waals surface area contributed by atoms with Gasteiger partial charge in [-0.3, -0.25) is 15.0 Å². The Kier molecular flexibility index (Phi) is 3.73. The van der Waals surface area contributed by atoms with E-state index in [0.29, 0.717) is 11.6 Å². The van der Waals surface area contributed by atoms with Gasteiger partial charge in [0, 0.05) is 6.07 Å². The molecule has 1 aromatic heterocycles. The maximum absolute atomic E-state index is 12.6. The smallest absolute Gasteiger partial charge is 0.283 e. The van der Waals surface area contributed by atoms with Crippen molar-refractivity contribution in [2.45, 2.75) is 13.3 Å². The molecule has 4 rings (SSSR count). The number of hydrogen-bond donors (Lipinski definition) is 2. The van der Waals surface area contributed by atoms with Crippen LogP contribution in [-0.2, 0) is 4.79 Å². The van der Waals surface area contributed by atoms with Gasteiger partial charge in [0.2, 0.25) is 5.17 Å². The molecule has 0 unspecified atom stereocenters. The molecular weight excluding hydrogens is 356 g/mol. The van der Waals surface area contributed by atoms with Crippen LogP contribution in [0.25, 0.3) is 17.0 Å². The summed E-state index contributed by atoms with van der Waals surface area (Å²) >= 11 is 1.25. The van der Waals surface area contributed by atoms with Crippen LogP contribution in [0.4, 0.5) is 0 Å². The number of thioether (sulfide) groups is 1. The molecule has 2 aliphatic heterocycles. The van der Waals surface area contributed by atoms with Gasteiger partial charge in [0.25, 0.3) is 5.91 Å². The summed E-state index contributed by atoms with van der Waals surface area (Å²) in [6.45, 7) is 1.92. The van der Waals surface area contributed by atoms with Crippen molar-refractivity contribution in [3.05, 3.63) is 45.8 Å². The van der Waals surface area contributed by atoms with E-state index in [9.17, 15) is 14.7 Å². The number of aliphatic imine (C=N–C) groups is 1. The molecule has 2 aliphatic rings. The number of amidine groups is 2. The summed E-state index contributed by atoms with van der Waals surface area (Å²) in [7, 11) is 0. The van der Waals surface area contributed by atoms with Crippen LogP contribution in [0.2, 0.25) is 0 Å². The van der Waals surface area contributed by atoms with E-state index in [2.05, 4.69) is 10.1 Å². The molecule has 0 atom stereocenters. The zero-order valence-electron chi connectivity index (χ0n) is 13.5. The molecule has 0 saturated carbocycles. The lowest BCUT2D eigenvalue weighted by atomic mass is 10.1. The van der Waals surface area contributed by atoms with Crippen LogP contribution in [0.5, 0.6) is 5.75 Å². The van der Waals surface area contributed by atoms with E-state index in [1.54, 1.807) is 0 Å². The summed E-state index contributed by atoms with van der Waals surface area (Å²) in [5.41, 5.74) is -0.0688. The molecule has 26 heavy (non-hydrogen) atoms. The normalized spacial score (nSPS) is 18.3. The highest BCUT2D eigenvalue weighted by molar-refractivity contribution is 8.26. The van der Waals surface area contributed by atoms with Crippen molar-refractivity contribution >= 4 is 50.8 Å². The molecule has 130 valence electrons. The summed E-state index contributed by atoms with van der Waals surface area (Å²) in [5, 5.41) is 24.6. The Morgan fingerprint density at radius 3 is 2.96 bits per heavy atom. The molecule has 1 amide bonds. The first-order valence-corrected chi connectivity index (χ1v) is 8.53. The number of amides is 1. The van der Waals surface area contributed by atoms with Crippen molar-refractivity contribution in [1.29, 1.82) is 5.41 Å². The highest BCUT2D eigenvalue weighted by atomic mass is 32.2. The lowest BCUT2D eigenvalue weighted by molar-refractivity contribution is -0.114. The molecule has 0 fully saturated rings. The van der Waals surface area contributed by atoms with E-state index in [-0.39, 0.29) is 39.1 Å². The van der Waals surface area contributed by atoms with Gasteiger partial charge in [0.15, 0.2) is 11.3 Å². The van der Waals surface area contributed by atoms with E-state index in [4.69, 9.17) is 9.83 Å². The monoisotopic (exact) mass is 368 g/mol. The zero-order valence-corrected chi connectivity index (χ0v) is 14.3. The molecule has 2 aromatic rings. The highest BCUT2D eigenvalue weighted by Crippen LogP contribution is 2.29. The molecule has 3 heterocycles. The minimum Gasteiger partial charge on any atom is -0.508 e. The molecular formula is C17H12N4O4S. The summed E-state index contributed by atoms with van der Waals surface area (Å²) in [6.07, 6.45) is 3.14. The minimum atomic E-state index is -0.605. The van der Waals surface area contributed by atoms with Crippen LogP contribution >= 0.6 is 11.8 Å². The summed E-state index contributed by atoms with van der Waals surface area (Å²) < 4.78 is 5.37. The van der Waals surface area contributed by atoms with Gasteiger partial charge in [-0.05, 0) is 36.4 Å². The van der Waals surface area contributed by atoms with E-state index in [1.807, 2.05) is 6.92 Å². The topological polar surface area (TPSA) is 119 Å². The minimum absolute atomic E-state index is 0.0195. The molecule has 2 N–H and O–H groups in total. The SMILES string of the molecule is CCC1=NN2C(=N)C(=Cc3coc4cc(O)ccc4c3=O)C(=O)N=C2S1. The standard InChI is InChI=1S/C17H12N4O4S/c1-2-13-20-21-15(18)11(16(24)19-17(21)26-13)5-8-7-25-12-6-9(22)3-4-10(12)14(8)23/h3-7,18,22H,2H2,1H3. The number of aromatic hydroxyl groups is 1. The fourth-order valence-corrected chi connectivity index (χ4v) is 3.39. The van der Waals surface area contributed by atoms with E-state index in [0.717, 1.165) is 5.04 Å². The van der Waals surface area contributed by atoms with Gasteiger partial charge in [-0.25, -0.2) is 0 Å². The third-order valence-corrected chi connectivity index (χ3v) is 4.94. The maximum Gasteiger partial charge on any atom is 0.283 e. The van der Waals surface area contributed by atoms with Crippen molar-refractivity contribution in [2.24, 2.45) is 10.1 Å². The first-order valence-electron chi connectivity index (χ1n) is 7.71. The Hall–Kier alpha value is -3.20. The van der Waals surface area contributed by atoms with Gasteiger partial charge in [0.1, 0.15) is 22.6 Å². The average molecular weight is 368 g/mol. The van der Waals surface area contributed by atoms with Crippen molar-refractivity contribution in [3.63, 3.8) is 0 Å². The number of rotatable bonds is 2. The molecule has 9 heteroatoms. The Labute approximate surface area is 151 Å². The average Bonchev–Trinajstić information content (AvgIpc) is 3.03. The predicted molar refractivity (Wildman–Crippen MR) is 99.5 cm³/mol. The fraction of sp³-hybridized carbons (Fsp3) is 0.118. The first kappa shape index (κ1) is 16.3. The molecule has 0 bridgehead atoms. The summed E-state index contributed by atoms with van der Waals surface area (Å²) in [4.78, 5) is 28.9. The second-order valence-electron chi connectivity index (χ2n) is 5.57. The molecule has 1 aromatic carbocycles. The Balaban J connectivity index is 1.81. The summed E-state index contributed by atoms with van der Waals surface area (Å²) in [5.74, 6) is -0.762. The fourth-order valence-electron chi connectivity index (χ4n) is 2.56. The van der Waals surface area contributed by atoms with Crippen molar-refractivity contribution in [3.8, 4) is 5.75 Å². The Morgan fingerprint density at radius 1 is 1.38 bits per heavy atom. The van der Waals surface area contributed by atoms with Crippen LogP contribution in [0, 0.1) is 5.41 Å². The summed E-state index contributed by atoms with van der Waals surface area (Å²) in [6, 6.07) is 4.15. The van der Waals surface area contributed by atoms with Gasteiger partial charge in [0.05, 0.1) is 16.5 Å². The third kappa shape index (κ3) is 2.53. The van der Waals surface area contributed by atoms with Gasteiger partial charge in [-0.1, -0.05) is 6.92 Å². The number of carbonyl (C=O) groups excluding carboxylic acids is 1. The third-order valence-electron chi connectivity index (χ3n) is 3.88. The number of nitrogens with zero attached hydrogens (tertiary/aromatic N) is 3. The Bertz CT molecular complexity index is 1130. The zero-order chi connectivity index (χ0) is 18.4. The Morgan fingerprint density at radius 2 is 2.19 bits per heavy atom. The molecule has 0 spiro atoms. The maximum atomic E-state index is 12.6. The molecule has 8 nitrogen and oxygen atoms in total. The highest BCUT2D eigenvalue weighted by Gasteiger charge is 2.35. The van der Waals surface area contributed by atoms with Crippen molar-refractivity contribution in [2.75, 3.05) is 0 Å². The van der Waals surface area contributed by atoms with Gasteiger partial charge >= 0.3 is 0 Å². The van der Waals surface area contributed by atoms with Gasteiger partial charge in [-0.2, -0.15) is 15.1 Å². The number of hydrogen-bond acceptors (Lipinski definition) is 7. The molecule has 0 radical (unpaired) electrons. The van der Waals surface area contributed by atoms with Crippen LogP contribution in [0.3, 0.4) is 0 Å². The predicted octanol–water partition coefficient (Wildman–Crippen LogP) is 2.53. The quantitative estimate of drug-likeness (QED) is 0.786. The number of phenolic OH excluding ortho intramolecular Hbond substituents is 1. The number of carbonyl (C=O) groups is 1. The van der Waals surface area contributed by atoms with E-state index in [1.165, 1.54) is 47.3 Å². The van der Waals surface area contributed by atoms with Gasteiger partial charge < -0.3 is 9.52 Å². The van der Waals surface area contributed by atoms with Gasteiger partial charge in [-0.15, -0.1) is 0 Å². The van der Waals surface area contributed by atoms with E-state index < -0.39 is 5.91 Å². The number of hydrazone groups is 1. The molecule has 0 saturated heterocycles. The van der Waals surface area contributed by atoms with Crippen LogP contribution < -0.4 is 5.43 Å². The lowest BCUT2D eigenvalue weighted by Gasteiger charge is -2.20. The second-order valence-corrected chi connectivity index (χ2v) is 6.61. The number of benzene rings is 1. The van der Waals surface area contributed by atoms with Crippen LogP contribution in [0.15, 0.2) is 49.3 Å². The largest absolute Gasteiger partial charge is 0.508 e. The van der Waals surface area contributed by atoms with Crippen LogP contribution in [0.1, 0.15) is 18.9 Å². The van der Waals surface area contributed by atoms with Crippen molar-refractivity contribution < 1.29 is 14.3 Å². The van der Waals surface area contributed by atoms with Crippen LogP contribution in [-0.4, -0.2) is 32.1 Å². The number of phenols is 1. The lowest BCUT2D eigenvalue weighted by Crippen LogP contribution is -2.35. The molecule has 0 aliphatic carbocycles. The van der Waals surface area contributed by atoms with E-state index >= 15 is 0 Å². The van der Waals surface area contributed by atoms with Crippen molar-refractivity contribution in [1.82, 2.24) is 5.01 Å².